The fraction of sp³-hybridized carbons (Fsp3) is 0.667. The molecule has 2 amide bonds. The Hall–Kier alpha value is -2.12. The van der Waals surface area contributed by atoms with Crippen LogP contribution < -0.4 is 10.6 Å². The Balaban J connectivity index is -0.00000144. The van der Waals surface area contributed by atoms with Gasteiger partial charge in [-0.05, 0) is 0 Å². The summed E-state index contributed by atoms with van der Waals surface area (Å²) in [4.78, 5) is 43.7. The average molecular weight is 292 g/mol. The molecule has 0 heterocycles. The van der Waals surface area contributed by atoms with Crippen molar-refractivity contribution < 1.29 is 29.4 Å². The molecule has 8 nitrogen and oxygen atoms in total. The van der Waals surface area contributed by atoms with Gasteiger partial charge in [0.05, 0.1) is 12.8 Å². The molecular weight excluding hydrogens is 268 g/mol. The van der Waals surface area contributed by atoms with E-state index in [1.165, 1.54) is 14.0 Å². The highest BCUT2D eigenvalue weighted by atomic mass is 16.4. The maximum Gasteiger partial charge on any atom is 0.326 e. The SMILES string of the molecule is C.C.CNC(=O)CC(NC(=O)C(C)CC(=O)O)C(=O)O. The van der Waals surface area contributed by atoms with E-state index in [0.29, 0.717) is 0 Å². The zero-order valence-electron chi connectivity index (χ0n) is 10.1. The van der Waals surface area contributed by atoms with E-state index in [-0.39, 0.29) is 14.9 Å². The first kappa shape index (κ1) is 23.0. The molecule has 4 N–H and O–H groups in total. The molecule has 0 aromatic heterocycles. The van der Waals surface area contributed by atoms with Crippen molar-refractivity contribution in [1.29, 1.82) is 0 Å². The van der Waals surface area contributed by atoms with E-state index in [1.807, 2.05) is 0 Å². The van der Waals surface area contributed by atoms with Gasteiger partial charge in [-0.2, -0.15) is 0 Å². The standard InChI is InChI=1S/C10H16N2O6.2CH4/c1-5(3-8(14)15)9(16)12-6(10(17)18)4-7(13)11-2;;/h5-6H,3-4H2,1-2H3,(H,11,13)(H,12,16)(H,14,15)(H,17,18);2*1H4. The number of hydrogen-bond donors (Lipinski definition) is 4. The summed E-state index contributed by atoms with van der Waals surface area (Å²) in [7, 11) is 1.34. The van der Waals surface area contributed by atoms with Crippen molar-refractivity contribution in [1.82, 2.24) is 10.6 Å². The fourth-order valence-corrected chi connectivity index (χ4v) is 1.16. The molecule has 20 heavy (non-hydrogen) atoms. The zero-order valence-corrected chi connectivity index (χ0v) is 10.1. The number of hydrogen-bond acceptors (Lipinski definition) is 4. The highest BCUT2D eigenvalue weighted by molar-refractivity contribution is 5.90. The van der Waals surface area contributed by atoms with E-state index >= 15 is 0 Å². The molecule has 0 spiro atoms. The number of amides is 2. The van der Waals surface area contributed by atoms with Gasteiger partial charge in [0.25, 0.3) is 0 Å². The molecule has 0 aromatic rings. The number of aliphatic carboxylic acids is 2. The van der Waals surface area contributed by atoms with Crippen molar-refractivity contribution in [2.45, 2.75) is 40.7 Å². The molecule has 0 rings (SSSR count). The number of carbonyl (C=O) groups is 4. The van der Waals surface area contributed by atoms with Crippen molar-refractivity contribution in [3.63, 3.8) is 0 Å². The quantitative estimate of drug-likeness (QED) is 0.525. The van der Waals surface area contributed by atoms with Crippen molar-refractivity contribution in [3.05, 3.63) is 0 Å². The van der Waals surface area contributed by atoms with Crippen LogP contribution in [0.3, 0.4) is 0 Å². The number of carboxylic acid groups (broad SMARTS) is 2. The van der Waals surface area contributed by atoms with Gasteiger partial charge in [-0.25, -0.2) is 4.79 Å². The lowest BCUT2D eigenvalue weighted by Gasteiger charge is -2.16. The van der Waals surface area contributed by atoms with Crippen molar-refractivity contribution in [2.75, 3.05) is 7.05 Å². The minimum Gasteiger partial charge on any atom is -0.481 e. The summed E-state index contributed by atoms with van der Waals surface area (Å²) < 4.78 is 0. The summed E-state index contributed by atoms with van der Waals surface area (Å²) in [5, 5.41) is 21.7. The maximum absolute atomic E-state index is 11.5. The molecule has 8 heteroatoms. The van der Waals surface area contributed by atoms with Crippen LogP contribution in [0, 0.1) is 5.92 Å². The van der Waals surface area contributed by atoms with Crippen LogP contribution in [0.1, 0.15) is 34.6 Å². The molecule has 2 atom stereocenters. The minimum atomic E-state index is -1.37. The zero-order chi connectivity index (χ0) is 14.3. The third kappa shape index (κ3) is 8.90. The lowest BCUT2D eigenvalue weighted by molar-refractivity contribution is -0.145. The lowest BCUT2D eigenvalue weighted by Crippen LogP contribution is -2.45. The monoisotopic (exact) mass is 292 g/mol. The molecule has 0 bridgehead atoms. The molecule has 2 unspecified atom stereocenters. The van der Waals surface area contributed by atoms with Gasteiger partial charge < -0.3 is 20.8 Å². The molecule has 0 aliphatic rings. The maximum atomic E-state index is 11.5. The molecule has 0 aliphatic carbocycles. The largest absolute Gasteiger partial charge is 0.481 e. The first-order valence-electron chi connectivity index (χ1n) is 5.23. The Morgan fingerprint density at radius 2 is 1.55 bits per heavy atom. The van der Waals surface area contributed by atoms with Gasteiger partial charge in [0.1, 0.15) is 6.04 Å². The Labute approximate surface area is 118 Å². The smallest absolute Gasteiger partial charge is 0.326 e. The topological polar surface area (TPSA) is 133 Å². The molecule has 118 valence electrons. The van der Waals surface area contributed by atoms with E-state index in [9.17, 15) is 19.2 Å². The second kappa shape index (κ2) is 10.8. The summed E-state index contributed by atoms with van der Waals surface area (Å²) in [5.74, 6) is -4.62. The molecule has 0 radical (unpaired) electrons. The summed E-state index contributed by atoms with van der Waals surface area (Å²) in [6.45, 7) is 1.36. The third-order valence-electron chi connectivity index (χ3n) is 2.21. The summed E-state index contributed by atoms with van der Waals surface area (Å²) in [6.07, 6.45) is -0.810. The van der Waals surface area contributed by atoms with Crippen LogP contribution >= 0.6 is 0 Å². The Bertz CT molecular complexity index is 356. The van der Waals surface area contributed by atoms with Gasteiger partial charge in [-0.1, -0.05) is 21.8 Å². The highest BCUT2D eigenvalue weighted by Crippen LogP contribution is 2.03. The molecule has 0 aliphatic heterocycles. The van der Waals surface area contributed by atoms with Crippen LogP contribution in [-0.2, 0) is 19.2 Å². The summed E-state index contributed by atoms with van der Waals surface area (Å²) in [5.41, 5.74) is 0. The van der Waals surface area contributed by atoms with Crippen LogP contribution in [-0.4, -0.2) is 47.1 Å². The van der Waals surface area contributed by atoms with Gasteiger partial charge in [-0.15, -0.1) is 0 Å². The van der Waals surface area contributed by atoms with E-state index < -0.39 is 48.6 Å². The highest BCUT2D eigenvalue weighted by Gasteiger charge is 2.25. The second-order valence-corrected chi connectivity index (χ2v) is 3.78. The first-order chi connectivity index (χ1) is 8.27. The first-order valence-corrected chi connectivity index (χ1v) is 5.23. The normalized spacial score (nSPS) is 11.9. The molecule has 0 fully saturated rings. The van der Waals surface area contributed by atoms with E-state index in [1.54, 1.807) is 0 Å². The van der Waals surface area contributed by atoms with Crippen LogP contribution in [0.4, 0.5) is 0 Å². The van der Waals surface area contributed by atoms with Crippen LogP contribution in [0.15, 0.2) is 0 Å². The van der Waals surface area contributed by atoms with Gasteiger partial charge in [-0.3, -0.25) is 14.4 Å². The average Bonchev–Trinajstić information content (AvgIpc) is 2.26. The number of carboxylic acids is 2. The molecule has 0 aromatic carbocycles. The Morgan fingerprint density at radius 1 is 1.05 bits per heavy atom. The van der Waals surface area contributed by atoms with Crippen molar-refractivity contribution in [2.24, 2.45) is 5.92 Å². The summed E-state index contributed by atoms with van der Waals surface area (Å²) in [6, 6.07) is -1.37. The summed E-state index contributed by atoms with van der Waals surface area (Å²) >= 11 is 0. The van der Waals surface area contributed by atoms with Gasteiger partial charge in [0.2, 0.25) is 11.8 Å². The minimum absolute atomic E-state index is 0. The predicted molar refractivity (Wildman–Crippen MR) is 73.1 cm³/mol. The van der Waals surface area contributed by atoms with Crippen molar-refractivity contribution >= 4 is 23.8 Å². The van der Waals surface area contributed by atoms with E-state index in [4.69, 9.17) is 10.2 Å². The van der Waals surface area contributed by atoms with E-state index in [2.05, 4.69) is 10.6 Å². The molecular formula is C12H24N2O6. The number of nitrogens with one attached hydrogen (secondary N) is 2. The Morgan fingerprint density at radius 3 is 1.90 bits per heavy atom. The Kier molecular flexibility index (Phi) is 12.4. The van der Waals surface area contributed by atoms with Gasteiger partial charge in [0.15, 0.2) is 0 Å². The van der Waals surface area contributed by atoms with Crippen molar-refractivity contribution in [3.8, 4) is 0 Å². The van der Waals surface area contributed by atoms with Crippen LogP contribution in [0.25, 0.3) is 0 Å². The van der Waals surface area contributed by atoms with Gasteiger partial charge >= 0.3 is 11.9 Å². The van der Waals surface area contributed by atoms with Gasteiger partial charge in [0, 0.05) is 13.0 Å². The predicted octanol–water partition coefficient (Wildman–Crippen LogP) is 0.0749. The van der Waals surface area contributed by atoms with Crippen LogP contribution in [0.5, 0.6) is 0 Å². The number of rotatable bonds is 7. The molecule has 0 saturated carbocycles. The van der Waals surface area contributed by atoms with E-state index in [0.717, 1.165) is 0 Å². The third-order valence-corrected chi connectivity index (χ3v) is 2.21. The lowest BCUT2D eigenvalue weighted by atomic mass is 10.1. The second-order valence-electron chi connectivity index (χ2n) is 3.78. The van der Waals surface area contributed by atoms with Crippen LogP contribution in [0.2, 0.25) is 0 Å². The number of carbonyl (C=O) groups excluding carboxylic acids is 2. The fourth-order valence-electron chi connectivity index (χ4n) is 1.16. The molecule has 0 saturated heterocycles.